The first-order valence-corrected chi connectivity index (χ1v) is 6.39. The van der Waals surface area contributed by atoms with Crippen LogP contribution in [0.4, 0.5) is 0 Å². The van der Waals surface area contributed by atoms with Crippen LogP contribution < -0.4 is 0 Å². The van der Waals surface area contributed by atoms with Crippen LogP contribution in [0.15, 0.2) is 30.3 Å². The van der Waals surface area contributed by atoms with Crippen LogP contribution in [0.3, 0.4) is 0 Å². The minimum atomic E-state index is -0.909. The summed E-state index contributed by atoms with van der Waals surface area (Å²) >= 11 is 0. The quantitative estimate of drug-likeness (QED) is 0.829. The Balaban J connectivity index is 2.05. The molecule has 0 radical (unpaired) electrons. The second-order valence-corrected chi connectivity index (χ2v) is 4.88. The Morgan fingerprint density at radius 3 is 3.06 bits per heavy atom. The van der Waals surface area contributed by atoms with E-state index in [1.54, 1.807) is 6.08 Å². The molecule has 18 heavy (non-hydrogen) atoms. The molecule has 96 valence electrons. The summed E-state index contributed by atoms with van der Waals surface area (Å²) in [5.41, 5.74) is 2.19. The molecule has 1 heterocycles. The van der Waals surface area contributed by atoms with Gasteiger partial charge in [0.25, 0.3) is 0 Å². The minimum absolute atomic E-state index is 0.656. The molecule has 0 amide bonds. The molecule has 0 aliphatic carbocycles. The van der Waals surface area contributed by atoms with E-state index in [4.69, 9.17) is 5.11 Å². The summed E-state index contributed by atoms with van der Waals surface area (Å²) in [6, 6.07) is 8.73. The fourth-order valence-corrected chi connectivity index (χ4v) is 2.42. The molecule has 2 rings (SSSR count). The van der Waals surface area contributed by atoms with Crippen LogP contribution in [-0.2, 0) is 11.3 Å². The molecule has 1 atom stereocenters. The fourth-order valence-electron chi connectivity index (χ4n) is 2.42. The van der Waals surface area contributed by atoms with E-state index in [9.17, 15) is 4.79 Å². The molecule has 1 saturated heterocycles. The number of benzene rings is 1. The standard InChI is InChI=1S/C15H19NO2/c1-12-4-3-9-16(12)11-14-6-2-5-13(10-14)7-8-15(17)18/h2,5-8,10,12H,3-4,9,11H2,1H3,(H,17,18). The van der Waals surface area contributed by atoms with Crippen LogP contribution in [0.5, 0.6) is 0 Å². The van der Waals surface area contributed by atoms with Crippen molar-refractivity contribution in [3.63, 3.8) is 0 Å². The van der Waals surface area contributed by atoms with Crippen LogP contribution >= 0.6 is 0 Å². The average Bonchev–Trinajstić information content (AvgIpc) is 2.73. The maximum Gasteiger partial charge on any atom is 0.328 e. The Morgan fingerprint density at radius 1 is 1.56 bits per heavy atom. The molecule has 1 aromatic carbocycles. The lowest BCUT2D eigenvalue weighted by Crippen LogP contribution is -2.26. The Kier molecular flexibility index (Phi) is 4.15. The number of hydrogen-bond donors (Lipinski definition) is 1. The zero-order chi connectivity index (χ0) is 13.0. The van der Waals surface area contributed by atoms with E-state index >= 15 is 0 Å². The van der Waals surface area contributed by atoms with Gasteiger partial charge in [0.05, 0.1) is 0 Å². The summed E-state index contributed by atoms with van der Waals surface area (Å²) in [7, 11) is 0. The SMILES string of the molecule is CC1CCCN1Cc1cccc(C=CC(=O)O)c1. The Hall–Kier alpha value is -1.61. The maximum absolute atomic E-state index is 10.5. The van der Waals surface area contributed by atoms with Crippen molar-refractivity contribution in [3.05, 3.63) is 41.5 Å². The van der Waals surface area contributed by atoms with Crippen molar-refractivity contribution < 1.29 is 9.90 Å². The van der Waals surface area contributed by atoms with E-state index < -0.39 is 5.97 Å². The molecule has 0 spiro atoms. The minimum Gasteiger partial charge on any atom is -0.478 e. The first kappa shape index (κ1) is 12.8. The second-order valence-electron chi connectivity index (χ2n) is 4.88. The fraction of sp³-hybridized carbons (Fsp3) is 0.400. The number of likely N-dealkylation sites (tertiary alicyclic amines) is 1. The summed E-state index contributed by atoms with van der Waals surface area (Å²) in [6.45, 7) is 4.38. The highest BCUT2D eigenvalue weighted by Gasteiger charge is 2.19. The van der Waals surface area contributed by atoms with Gasteiger partial charge < -0.3 is 5.11 Å². The van der Waals surface area contributed by atoms with Crippen molar-refractivity contribution in [2.24, 2.45) is 0 Å². The number of carbonyl (C=O) groups is 1. The van der Waals surface area contributed by atoms with E-state index in [0.717, 1.165) is 18.7 Å². The first-order valence-electron chi connectivity index (χ1n) is 6.39. The molecule has 1 aromatic rings. The topological polar surface area (TPSA) is 40.5 Å². The highest BCUT2D eigenvalue weighted by atomic mass is 16.4. The lowest BCUT2D eigenvalue weighted by atomic mass is 10.1. The zero-order valence-electron chi connectivity index (χ0n) is 10.7. The van der Waals surface area contributed by atoms with Crippen molar-refractivity contribution in [1.29, 1.82) is 0 Å². The molecule has 3 nitrogen and oxygen atoms in total. The van der Waals surface area contributed by atoms with Crippen molar-refractivity contribution >= 4 is 12.0 Å². The van der Waals surface area contributed by atoms with Crippen LogP contribution in [0.25, 0.3) is 6.08 Å². The van der Waals surface area contributed by atoms with E-state index in [1.807, 2.05) is 12.1 Å². The van der Waals surface area contributed by atoms with E-state index in [-0.39, 0.29) is 0 Å². The lowest BCUT2D eigenvalue weighted by molar-refractivity contribution is -0.131. The van der Waals surface area contributed by atoms with Gasteiger partial charge in [-0.15, -0.1) is 0 Å². The van der Waals surface area contributed by atoms with Crippen LogP contribution in [0, 0.1) is 0 Å². The number of aliphatic carboxylic acids is 1. The van der Waals surface area contributed by atoms with Crippen molar-refractivity contribution in [2.45, 2.75) is 32.4 Å². The van der Waals surface area contributed by atoms with E-state index in [2.05, 4.69) is 24.0 Å². The van der Waals surface area contributed by atoms with Gasteiger partial charge in [0, 0.05) is 18.7 Å². The van der Waals surface area contributed by atoms with Gasteiger partial charge in [-0.3, -0.25) is 4.90 Å². The molecule has 1 aliphatic rings. The van der Waals surface area contributed by atoms with Crippen molar-refractivity contribution in [3.8, 4) is 0 Å². The lowest BCUT2D eigenvalue weighted by Gasteiger charge is -2.21. The third-order valence-electron chi connectivity index (χ3n) is 3.45. The van der Waals surface area contributed by atoms with Gasteiger partial charge in [-0.2, -0.15) is 0 Å². The first-order chi connectivity index (χ1) is 8.65. The van der Waals surface area contributed by atoms with Crippen LogP contribution in [-0.4, -0.2) is 28.6 Å². The molecule has 0 aromatic heterocycles. The monoisotopic (exact) mass is 245 g/mol. The van der Waals surface area contributed by atoms with Crippen molar-refractivity contribution in [1.82, 2.24) is 4.90 Å². The smallest absolute Gasteiger partial charge is 0.328 e. The highest BCUT2D eigenvalue weighted by Crippen LogP contribution is 2.20. The van der Waals surface area contributed by atoms with Gasteiger partial charge in [-0.1, -0.05) is 24.3 Å². The van der Waals surface area contributed by atoms with Crippen molar-refractivity contribution in [2.75, 3.05) is 6.54 Å². The Labute approximate surface area is 108 Å². The molecular weight excluding hydrogens is 226 g/mol. The molecule has 1 unspecified atom stereocenters. The van der Waals surface area contributed by atoms with E-state index in [0.29, 0.717) is 6.04 Å². The van der Waals surface area contributed by atoms with Gasteiger partial charge in [0.2, 0.25) is 0 Å². The summed E-state index contributed by atoms with van der Waals surface area (Å²) in [4.78, 5) is 13.0. The predicted octanol–water partition coefficient (Wildman–Crippen LogP) is 2.77. The predicted molar refractivity (Wildman–Crippen MR) is 72.2 cm³/mol. The third-order valence-corrected chi connectivity index (χ3v) is 3.45. The number of carboxylic acid groups (broad SMARTS) is 1. The zero-order valence-corrected chi connectivity index (χ0v) is 10.7. The van der Waals surface area contributed by atoms with Gasteiger partial charge in [0.1, 0.15) is 0 Å². The highest BCUT2D eigenvalue weighted by molar-refractivity contribution is 5.85. The van der Waals surface area contributed by atoms with Gasteiger partial charge >= 0.3 is 5.97 Å². The number of hydrogen-bond acceptors (Lipinski definition) is 2. The molecule has 3 heteroatoms. The summed E-state index contributed by atoms with van der Waals surface area (Å²) < 4.78 is 0. The number of carboxylic acids is 1. The average molecular weight is 245 g/mol. The molecule has 0 saturated carbocycles. The Morgan fingerprint density at radius 2 is 2.39 bits per heavy atom. The molecule has 1 fully saturated rings. The second kappa shape index (κ2) is 5.83. The molecule has 1 aliphatic heterocycles. The van der Waals surface area contributed by atoms with Crippen LogP contribution in [0.2, 0.25) is 0 Å². The molecule has 0 bridgehead atoms. The van der Waals surface area contributed by atoms with Gasteiger partial charge in [0.15, 0.2) is 0 Å². The summed E-state index contributed by atoms with van der Waals surface area (Å²) in [5.74, 6) is -0.909. The summed E-state index contributed by atoms with van der Waals surface area (Å²) in [5, 5.41) is 8.61. The number of rotatable bonds is 4. The molecule has 1 N–H and O–H groups in total. The molecular formula is C15H19NO2. The normalized spacial score (nSPS) is 20.6. The largest absolute Gasteiger partial charge is 0.478 e. The number of nitrogens with zero attached hydrogens (tertiary/aromatic N) is 1. The summed E-state index contributed by atoms with van der Waals surface area (Å²) in [6.07, 6.45) is 5.37. The maximum atomic E-state index is 10.5. The van der Waals surface area contributed by atoms with Crippen LogP contribution in [0.1, 0.15) is 30.9 Å². The van der Waals surface area contributed by atoms with Gasteiger partial charge in [-0.05, 0) is 43.5 Å². The van der Waals surface area contributed by atoms with E-state index in [1.165, 1.54) is 24.5 Å². The van der Waals surface area contributed by atoms with Gasteiger partial charge in [-0.25, -0.2) is 4.79 Å². The third kappa shape index (κ3) is 3.44. The Bertz CT molecular complexity index is 454.